The lowest BCUT2D eigenvalue weighted by Crippen LogP contribution is -2.33. The molecule has 0 spiro atoms. The van der Waals surface area contributed by atoms with Crippen LogP contribution in [0.1, 0.15) is 50.3 Å². The molecule has 3 heteroatoms. The molecule has 18 heavy (non-hydrogen) atoms. The summed E-state index contributed by atoms with van der Waals surface area (Å²) in [5.41, 5.74) is 0. The molecule has 0 saturated heterocycles. The Kier molecular flexibility index (Phi) is 6.00. The average Bonchev–Trinajstić information content (AvgIpc) is 2.76. The van der Waals surface area contributed by atoms with Crippen LogP contribution < -0.4 is 5.32 Å². The van der Waals surface area contributed by atoms with Crippen molar-refractivity contribution in [3.8, 4) is 0 Å². The van der Waals surface area contributed by atoms with Crippen LogP contribution in [0.25, 0.3) is 0 Å². The van der Waals surface area contributed by atoms with E-state index in [4.69, 9.17) is 11.6 Å². The Morgan fingerprint density at radius 2 is 2.11 bits per heavy atom. The predicted octanol–water partition coefficient (Wildman–Crippen LogP) is 4.89. The highest BCUT2D eigenvalue weighted by Crippen LogP contribution is 2.29. The maximum absolute atomic E-state index is 6.01. The van der Waals surface area contributed by atoms with Gasteiger partial charge in [-0.1, -0.05) is 50.6 Å². The summed E-state index contributed by atoms with van der Waals surface area (Å²) in [6, 6.07) is 4.83. The molecular formula is C15H24ClNS. The van der Waals surface area contributed by atoms with E-state index in [0.717, 1.165) is 23.2 Å². The molecule has 1 atom stereocenters. The van der Waals surface area contributed by atoms with Gasteiger partial charge in [0, 0.05) is 10.9 Å². The molecule has 1 aromatic heterocycles. The van der Waals surface area contributed by atoms with Gasteiger partial charge in [-0.2, -0.15) is 0 Å². The summed E-state index contributed by atoms with van der Waals surface area (Å²) in [6.45, 7) is 3.27. The fourth-order valence-electron chi connectivity index (χ4n) is 3.06. The molecule has 1 nitrogen and oxygen atoms in total. The fraction of sp³-hybridized carbons (Fsp3) is 0.733. The molecular weight excluding hydrogens is 262 g/mol. The van der Waals surface area contributed by atoms with Crippen LogP contribution in [-0.2, 0) is 6.42 Å². The van der Waals surface area contributed by atoms with Gasteiger partial charge in [0.25, 0.3) is 0 Å². The Morgan fingerprint density at radius 1 is 1.33 bits per heavy atom. The van der Waals surface area contributed by atoms with Gasteiger partial charge in [-0.25, -0.2) is 0 Å². The van der Waals surface area contributed by atoms with Gasteiger partial charge in [0.05, 0.1) is 4.34 Å². The molecule has 1 N–H and O–H groups in total. The van der Waals surface area contributed by atoms with Crippen molar-refractivity contribution < 1.29 is 0 Å². The van der Waals surface area contributed by atoms with E-state index in [1.165, 1.54) is 43.4 Å². The maximum atomic E-state index is 6.01. The quantitative estimate of drug-likeness (QED) is 0.784. The zero-order valence-corrected chi connectivity index (χ0v) is 12.8. The van der Waals surface area contributed by atoms with Crippen molar-refractivity contribution in [2.45, 2.75) is 57.9 Å². The Hall–Kier alpha value is -0.0500. The lowest BCUT2D eigenvalue weighted by molar-refractivity contribution is 0.299. The van der Waals surface area contributed by atoms with Crippen LogP contribution in [0.4, 0.5) is 0 Å². The maximum Gasteiger partial charge on any atom is 0.0931 e. The van der Waals surface area contributed by atoms with Gasteiger partial charge in [-0.15, -0.1) is 11.3 Å². The largest absolute Gasteiger partial charge is 0.314 e. The van der Waals surface area contributed by atoms with Crippen molar-refractivity contribution in [3.63, 3.8) is 0 Å². The normalized spacial score (nSPS) is 19.0. The van der Waals surface area contributed by atoms with Crippen molar-refractivity contribution in [2.24, 2.45) is 5.92 Å². The molecule has 0 radical (unpaired) electrons. The van der Waals surface area contributed by atoms with Crippen molar-refractivity contribution in [1.82, 2.24) is 5.32 Å². The van der Waals surface area contributed by atoms with Crippen LogP contribution >= 0.6 is 22.9 Å². The van der Waals surface area contributed by atoms with E-state index in [0.29, 0.717) is 6.04 Å². The average molecular weight is 286 g/mol. The Morgan fingerprint density at radius 3 is 2.72 bits per heavy atom. The monoisotopic (exact) mass is 285 g/mol. The lowest BCUT2D eigenvalue weighted by Gasteiger charge is -2.26. The molecule has 0 aromatic carbocycles. The third kappa shape index (κ3) is 4.56. The van der Waals surface area contributed by atoms with Crippen molar-refractivity contribution >= 4 is 22.9 Å². The first kappa shape index (κ1) is 14.4. The van der Waals surface area contributed by atoms with E-state index in [1.807, 2.05) is 6.07 Å². The highest BCUT2D eigenvalue weighted by molar-refractivity contribution is 7.16. The molecule has 0 aliphatic heterocycles. The third-order valence-electron chi connectivity index (χ3n) is 3.91. The topological polar surface area (TPSA) is 12.0 Å². The van der Waals surface area contributed by atoms with Crippen LogP contribution in [0.3, 0.4) is 0 Å². The Labute approximate surface area is 120 Å². The minimum absolute atomic E-state index is 0.632. The highest BCUT2D eigenvalue weighted by atomic mass is 35.5. The van der Waals surface area contributed by atoms with Crippen molar-refractivity contribution in [1.29, 1.82) is 0 Å². The zero-order chi connectivity index (χ0) is 12.8. The molecule has 102 valence electrons. The first-order valence-electron chi connectivity index (χ1n) is 7.25. The predicted molar refractivity (Wildman–Crippen MR) is 81.7 cm³/mol. The first-order chi connectivity index (χ1) is 8.78. The van der Waals surface area contributed by atoms with Gasteiger partial charge >= 0.3 is 0 Å². The van der Waals surface area contributed by atoms with Crippen molar-refractivity contribution in [3.05, 3.63) is 21.3 Å². The molecule has 1 aromatic rings. The number of rotatable bonds is 6. The second-order valence-corrected chi connectivity index (χ2v) is 7.20. The van der Waals surface area contributed by atoms with Gasteiger partial charge in [-0.3, -0.25) is 0 Å². The first-order valence-corrected chi connectivity index (χ1v) is 8.45. The Balaban J connectivity index is 1.86. The number of halogens is 1. The summed E-state index contributed by atoms with van der Waals surface area (Å²) in [5.74, 6) is 0.943. The summed E-state index contributed by atoms with van der Waals surface area (Å²) >= 11 is 7.74. The van der Waals surface area contributed by atoms with E-state index in [9.17, 15) is 0 Å². The Bertz CT molecular complexity index is 344. The number of hydrogen-bond donors (Lipinski definition) is 1. The van der Waals surface area contributed by atoms with E-state index < -0.39 is 0 Å². The molecule has 1 saturated carbocycles. The third-order valence-corrected chi connectivity index (χ3v) is 5.17. The highest BCUT2D eigenvalue weighted by Gasteiger charge is 2.19. The molecule has 0 bridgehead atoms. The van der Waals surface area contributed by atoms with E-state index in [-0.39, 0.29) is 0 Å². The number of likely N-dealkylation sites (N-methyl/N-ethyl adjacent to an activating group) is 1. The summed E-state index contributed by atoms with van der Waals surface area (Å²) < 4.78 is 0.915. The minimum atomic E-state index is 0.632. The molecule has 1 aliphatic carbocycles. The van der Waals surface area contributed by atoms with E-state index in [2.05, 4.69) is 18.3 Å². The molecule has 0 amide bonds. The molecule has 1 unspecified atom stereocenters. The lowest BCUT2D eigenvalue weighted by atomic mass is 9.84. The minimum Gasteiger partial charge on any atom is -0.314 e. The van der Waals surface area contributed by atoms with Crippen LogP contribution in [0.2, 0.25) is 4.34 Å². The zero-order valence-electron chi connectivity index (χ0n) is 11.3. The molecule has 2 rings (SSSR count). The SMILES string of the molecule is CCNC(Cc1ccc(Cl)s1)CC1CCCCC1. The smallest absolute Gasteiger partial charge is 0.0931 e. The molecule has 1 aliphatic rings. The summed E-state index contributed by atoms with van der Waals surface area (Å²) in [4.78, 5) is 1.42. The molecule has 1 heterocycles. The van der Waals surface area contributed by atoms with Gasteiger partial charge in [0.1, 0.15) is 0 Å². The van der Waals surface area contributed by atoms with Crippen LogP contribution in [0.15, 0.2) is 12.1 Å². The molecule has 1 fully saturated rings. The van der Waals surface area contributed by atoms with Crippen LogP contribution in [-0.4, -0.2) is 12.6 Å². The summed E-state index contributed by atoms with van der Waals surface area (Å²) in [6.07, 6.45) is 9.68. The standard InChI is InChI=1S/C15H24ClNS/c1-2-17-13(10-12-6-4-3-5-7-12)11-14-8-9-15(16)18-14/h8-9,12-13,17H,2-7,10-11H2,1H3. The number of nitrogens with one attached hydrogen (secondary N) is 1. The summed E-state index contributed by atoms with van der Waals surface area (Å²) in [7, 11) is 0. The van der Waals surface area contributed by atoms with Gasteiger partial charge in [0.15, 0.2) is 0 Å². The van der Waals surface area contributed by atoms with Crippen molar-refractivity contribution in [2.75, 3.05) is 6.54 Å². The van der Waals surface area contributed by atoms with E-state index >= 15 is 0 Å². The van der Waals surface area contributed by atoms with Crippen LogP contribution in [0.5, 0.6) is 0 Å². The van der Waals surface area contributed by atoms with Gasteiger partial charge in [0.2, 0.25) is 0 Å². The van der Waals surface area contributed by atoms with Gasteiger partial charge in [-0.05, 0) is 37.4 Å². The fourth-order valence-corrected chi connectivity index (χ4v) is 4.22. The van der Waals surface area contributed by atoms with Crippen LogP contribution in [0, 0.1) is 5.92 Å². The number of hydrogen-bond acceptors (Lipinski definition) is 2. The number of thiophene rings is 1. The second-order valence-electron chi connectivity index (χ2n) is 5.40. The van der Waals surface area contributed by atoms with Gasteiger partial charge < -0.3 is 5.32 Å². The summed E-state index contributed by atoms with van der Waals surface area (Å²) in [5, 5.41) is 3.65. The second kappa shape index (κ2) is 7.52. The van der Waals surface area contributed by atoms with E-state index in [1.54, 1.807) is 11.3 Å².